The van der Waals surface area contributed by atoms with E-state index < -0.39 is 0 Å². The Morgan fingerprint density at radius 1 is 0.365 bits per heavy atom. The Hall–Kier alpha value is -5.80. The maximum absolute atomic E-state index is 5.10. The first-order chi connectivity index (χ1) is 25.0. The molecule has 0 bridgehead atoms. The lowest BCUT2D eigenvalue weighted by Crippen LogP contribution is -1.97. The zero-order chi connectivity index (χ0) is 36.4. The Kier molecular flexibility index (Phi) is 8.18. The highest BCUT2D eigenvalue weighted by atomic mass is 15.0. The van der Waals surface area contributed by atoms with E-state index in [2.05, 4.69) is 164 Å². The highest BCUT2D eigenvalue weighted by Gasteiger charge is 2.19. The number of rotatable bonds is 5. The summed E-state index contributed by atoms with van der Waals surface area (Å²) in [6.07, 6.45) is 4.10. The van der Waals surface area contributed by atoms with Gasteiger partial charge in [-0.25, -0.2) is 0 Å². The van der Waals surface area contributed by atoms with E-state index in [9.17, 15) is 0 Å². The molecule has 0 saturated heterocycles. The van der Waals surface area contributed by atoms with Gasteiger partial charge >= 0.3 is 0 Å². The van der Waals surface area contributed by atoms with Crippen molar-refractivity contribution in [2.75, 3.05) is 0 Å². The molecule has 0 aliphatic carbocycles. The quantitative estimate of drug-likeness (QED) is 0.182. The molecule has 52 heavy (non-hydrogen) atoms. The molecule has 256 valence electrons. The summed E-state index contributed by atoms with van der Waals surface area (Å²) < 4.78 is 2.32. The van der Waals surface area contributed by atoms with Gasteiger partial charge in [0.05, 0.1) is 34.8 Å². The molecule has 0 N–H and O–H groups in total. The van der Waals surface area contributed by atoms with Crippen LogP contribution in [0.4, 0.5) is 0 Å². The third kappa shape index (κ3) is 5.71. The monoisotopic (exact) mass is 675 g/mol. The zero-order valence-electron chi connectivity index (χ0n) is 31.7. The van der Waals surface area contributed by atoms with Crippen LogP contribution in [0, 0.1) is 62.3 Å². The Morgan fingerprint density at radius 2 is 0.692 bits per heavy atom. The van der Waals surface area contributed by atoms with Crippen LogP contribution in [0.15, 0.2) is 109 Å². The second-order valence-electron chi connectivity index (χ2n) is 15.0. The highest BCUT2D eigenvalue weighted by molar-refractivity contribution is 6.10. The third-order valence-electron chi connectivity index (χ3n) is 10.7. The van der Waals surface area contributed by atoms with Gasteiger partial charge in [0.25, 0.3) is 0 Å². The maximum Gasteiger partial charge on any atom is 0.0725 e. The number of hydrogen-bond acceptors (Lipinski definition) is 2. The first-order valence-electron chi connectivity index (χ1n) is 18.2. The molecule has 0 atom stereocenters. The van der Waals surface area contributed by atoms with E-state index in [0.29, 0.717) is 0 Å². The van der Waals surface area contributed by atoms with Gasteiger partial charge in [0, 0.05) is 27.6 Å². The standard InChI is InChI=1S/C49H45N3/c1-28-18-31(4)47(32(5)19-28)39-12-10-37(11-13-39)38-14-16-40(17-15-38)52-45-26-50-43(48-33(6)20-29(2)21-34(48)7)24-41(45)42-25-44(51-27-46(42)52)49-35(8)22-30(3)23-36(49)9/h10-27H,1-9H3. The summed E-state index contributed by atoms with van der Waals surface area (Å²) in [6.45, 7) is 19.7. The molecule has 3 heteroatoms. The van der Waals surface area contributed by atoms with E-state index >= 15 is 0 Å². The number of fused-ring (bicyclic) bond motifs is 3. The summed E-state index contributed by atoms with van der Waals surface area (Å²) in [5.74, 6) is 0. The molecule has 5 aromatic carbocycles. The molecule has 8 rings (SSSR count). The van der Waals surface area contributed by atoms with Crippen LogP contribution in [0.5, 0.6) is 0 Å². The third-order valence-corrected chi connectivity index (χ3v) is 10.7. The smallest absolute Gasteiger partial charge is 0.0725 e. The minimum absolute atomic E-state index is 0.998. The van der Waals surface area contributed by atoms with Gasteiger partial charge in [0.1, 0.15) is 0 Å². The van der Waals surface area contributed by atoms with Gasteiger partial charge in [-0.1, -0.05) is 89.5 Å². The van der Waals surface area contributed by atoms with Gasteiger partial charge in [0.2, 0.25) is 0 Å². The second kappa shape index (κ2) is 12.8. The van der Waals surface area contributed by atoms with Crippen LogP contribution in [0.25, 0.3) is 72.3 Å². The average molecular weight is 676 g/mol. The number of benzene rings is 5. The number of aromatic nitrogens is 3. The van der Waals surface area contributed by atoms with Gasteiger partial charge in [-0.05, 0) is 142 Å². The van der Waals surface area contributed by atoms with Gasteiger partial charge in [-0.3, -0.25) is 9.97 Å². The van der Waals surface area contributed by atoms with Crippen LogP contribution >= 0.6 is 0 Å². The minimum Gasteiger partial charge on any atom is -0.306 e. The van der Waals surface area contributed by atoms with Crippen molar-refractivity contribution in [3.8, 4) is 50.5 Å². The molecule has 0 spiro atoms. The number of aryl methyl sites for hydroxylation is 9. The van der Waals surface area contributed by atoms with Gasteiger partial charge in [-0.15, -0.1) is 0 Å². The highest BCUT2D eigenvalue weighted by Crippen LogP contribution is 2.39. The van der Waals surface area contributed by atoms with Crippen molar-refractivity contribution in [1.82, 2.24) is 14.5 Å². The Labute approximate surface area is 307 Å². The lowest BCUT2D eigenvalue weighted by atomic mass is 9.92. The molecule has 0 saturated carbocycles. The van der Waals surface area contributed by atoms with Gasteiger partial charge in [-0.2, -0.15) is 0 Å². The van der Waals surface area contributed by atoms with Crippen LogP contribution in [0.1, 0.15) is 50.1 Å². The summed E-state index contributed by atoms with van der Waals surface area (Å²) in [6, 6.07) is 36.0. The van der Waals surface area contributed by atoms with Crippen LogP contribution in [-0.4, -0.2) is 14.5 Å². The Morgan fingerprint density at radius 3 is 1.08 bits per heavy atom. The largest absolute Gasteiger partial charge is 0.306 e. The Bertz CT molecular complexity index is 2510. The molecule has 3 heterocycles. The molecule has 0 aliphatic heterocycles. The predicted molar refractivity (Wildman–Crippen MR) is 221 cm³/mol. The van der Waals surface area contributed by atoms with E-state index in [-0.39, 0.29) is 0 Å². The van der Waals surface area contributed by atoms with E-state index in [1.54, 1.807) is 0 Å². The zero-order valence-corrected chi connectivity index (χ0v) is 31.7. The van der Waals surface area contributed by atoms with Crippen molar-refractivity contribution in [1.29, 1.82) is 0 Å². The van der Waals surface area contributed by atoms with Crippen molar-refractivity contribution >= 4 is 21.8 Å². The summed E-state index contributed by atoms with van der Waals surface area (Å²) in [7, 11) is 0. The fraction of sp³-hybridized carbons (Fsp3) is 0.184. The molecule has 0 radical (unpaired) electrons. The first-order valence-corrected chi connectivity index (χ1v) is 18.2. The topological polar surface area (TPSA) is 30.7 Å². The lowest BCUT2D eigenvalue weighted by molar-refractivity contribution is 1.15. The normalized spacial score (nSPS) is 11.6. The van der Waals surface area contributed by atoms with Crippen LogP contribution in [0.3, 0.4) is 0 Å². The molecule has 3 aromatic heterocycles. The molecule has 0 aliphatic rings. The maximum atomic E-state index is 5.10. The summed E-state index contributed by atoms with van der Waals surface area (Å²) in [5.41, 5.74) is 24.0. The lowest BCUT2D eigenvalue weighted by Gasteiger charge is -2.13. The van der Waals surface area contributed by atoms with Crippen LogP contribution < -0.4 is 0 Å². The fourth-order valence-electron chi connectivity index (χ4n) is 8.80. The number of pyridine rings is 2. The van der Waals surface area contributed by atoms with Gasteiger partial charge < -0.3 is 4.57 Å². The van der Waals surface area contributed by atoms with Crippen molar-refractivity contribution in [3.63, 3.8) is 0 Å². The van der Waals surface area contributed by atoms with E-state index in [4.69, 9.17) is 9.97 Å². The van der Waals surface area contributed by atoms with Crippen LogP contribution in [-0.2, 0) is 0 Å². The molecule has 3 nitrogen and oxygen atoms in total. The SMILES string of the molecule is Cc1cc(C)c(-c2ccc(-c3ccc(-n4c5cnc(-c6c(C)cc(C)cc6C)cc5c5cc(-c6c(C)cc(C)cc6C)ncc54)cc3)cc2)c(C)c1. The number of hydrogen-bond donors (Lipinski definition) is 0. The summed E-state index contributed by atoms with van der Waals surface area (Å²) in [5, 5.41) is 2.35. The molecule has 0 fully saturated rings. The summed E-state index contributed by atoms with van der Waals surface area (Å²) in [4.78, 5) is 10.2. The van der Waals surface area contributed by atoms with Crippen molar-refractivity contribution < 1.29 is 0 Å². The van der Waals surface area contributed by atoms with E-state index in [0.717, 1.165) is 28.1 Å². The minimum atomic E-state index is 0.998. The van der Waals surface area contributed by atoms with Gasteiger partial charge in [0.15, 0.2) is 0 Å². The molecule has 8 aromatic rings. The predicted octanol–water partition coefficient (Wildman–Crippen LogP) is 13.0. The second-order valence-corrected chi connectivity index (χ2v) is 15.0. The average Bonchev–Trinajstić information content (AvgIpc) is 3.40. The fourth-order valence-corrected chi connectivity index (χ4v) is 8.80. The van der Waals surface area contributed by atoms with Crippen LogP contribution in [0.2, 0.25) is 0 Å². The van der Waals surface area contributed by atoms with Crippen molar-refractivity contribution in [3.05, 3.63) is 160 Å². The molecular weight excluding hydrogens is 631 g/mol. The molecule has 0 unspecified atom stereocenters. The molecule has 0 amide bonds. The van der Waals surface area contributed by atoms with Crippen molar-refractivity contribution in [2.45, 2.75) is 62.3 Å². The molecular formula is C49H45N3. The number of nitrogens with zero attached hydrogens (tertiary/aromatic N) is 3. The Balaban J connectivity index is 1.26. The van der Waals surface area contributed by atoms with E-state index in [1.807, 2.05) is 12.4 Å². The van der Waals surface area contributed by atoms with Crippen molar-refractivity contribution in [2.24, 2.45) is 0 Å². The van der Waals surface area contributed by atoms with E-state index in [1.165, 1.54) is 94.2 Å². The summed E-state index contributed by atoms with van der Waals surface area (Å²) >= 11 is 0. The first kappa shape index (κ1) is 33.3.